The molecule has 0 radical (unpaired) electrons. The Balaban J connectivity index is 1.32. The molecular formula is C41H58N4O8. The number of esters is 1. The van der Waals surface area contributed by atoms with E-state index >= 15 is 0 Å². The van der Waals surface area contributed by atoms with Crippen molar-refractivity contribution in [2.24, 2.45) is 11.8 Å². The zero-order valence-electron chi connectivity index (χ0n) is 32.6. The topological polar surface area (TPSA) is 152 Å². The first-order valence-corrected chi connectivity index (χ1v) is 18.8. The smallest absolute Gasteiger partial charge is 0.411 e. The third kappa shape index (κ3) is 12.5. The molecule has 4 amide bonds. The van der Waals surface area contributed by atoms with Gasteiger partial charge in [-0.3, -0.25) is 14.5 Å². The largest absolute Gasteiger partial charge is 0.467 e. The molecule has 1 saturated carbocycles. The van der Waals surface area contributed by atoms with Gasteiger partial charge in [0.2, 0.25) is 5.91 Å². The van der Waals surface area contributed by atoms with Crippen LogP contribution in [0.5, 0.6) is 0 Å². The lowest BCUT2D eigenvalue weighted by atomic mass is 9.81. The van der Waals surface area contributed by atoms with Crippen LogP contribution < -0.4 is 16.0 Å². The zero-order chi connectivity index (χ0) is 38.9. The van der Waals surface area contributed by atoms with Gasteiger partial charge in [-0.15, -0.1) is 0 Å². The summed E-state index contributed by atoms with van der Waals surface area (Å²) in [5.74, 6) is -0.894. The SMILES string of the molecule is COC(=O)[C@H](Cc1ccc(-c2ccc(C(=O)NC3CCCCN3C(=O)OC(C)(C)C)cc2C)cc1)NC(=O)C1CCC(CNC(=O)OC(C)(C)C)CC1. The van der Waals surface area contributed by atoms with Gasteiger partial charge in [0.15, 0.2) is 0 Å². The number of hydrogen-bond donors (Lipinski definition) is 3. The molecule has 290 valence electrons. The van der Waals surface area contributed by atoms with E-state index < -0.39 is 41.6 Å². The van der Waals surface area contributed by atoms with Crippen LogP contribution in [-0.2, 0) is 30.2 Å². The molecule has 2 atom stereocenters. The Kier molecular flexibility index (Phi) is 13.9. The van der Waals surface area contributed by atoms with Gasteiger partial charge in [0.05, 0.1) is 7.11 Å². The Morgan fingerprint density at radius 3 is 2.11 bits per heavy atom. The zero-order valence-corrected chi connectivity index (χ0v) is 32.6. The van der Waals surface area contributed by atoms with Gasteiger partial charge in [-0.05, 0) is 134 Å². The average Bonchev–Trinajstić information content (AvgIpc) is 3.09. The summed E-state index contributed by atoms with van der Waals surface area (Å²) in [6, 6.07) is 12.5. The van der Waals surface area contributed by atoms with Gasteiger partial charge in [0.1, 0.15) is 23.4 Å². The van der Waals surface area contributed by atoms with Gasteiger partial charge >= 0.3 is 18.2 Å². The van der Waals surface area contributed by atoms with E-state index in [1.54, 1.807) is 11.0 Å². The number of rotatable bonds is 10. The van der Waals surface area contributed by atoms with Crippen molar-refractivity contribution in [2.45, 2.75) is 123 Å². The monoisotopic (exact) mass is 734 g/mol. The van der Waals surface area contributed by atoms with Crippen molar-refractivity contribution in [3.63, 3.8) is 0 Å². The van der Waals surface area contributed by atoms with Gasteiger partial charge in [0, 0.05) is 31.0 Å². The highest BCUT2D eigenvalue weighted by Gasteiger charge is 2.33. The van der Waals surface area contributed by atoms with Crippen molar-refractivity contribution in [3.8, 4) is 11.1 Å². The maximum atomic E-state index is 13.3. The van der Waals surface area contributed by atoms with Crippen LogP contribution in [-0.4, -0.2) is 78.5 Å². The van der Waals surface area contributed by atoms with Crippen molar-refractivity contribution < 1.29 is 38.2 Å². The number of benzene rings is 2. The Morgan fingerprint density at radius 1 is 0.849 bits per heavy atom. The van der Waals surface area contributed by atoms with Crippen molar-refractivity contribution >= 4 is 30.0 Å². The first-order valence-electron chi connectivity index (χ1n) is 18.8. The Hall–Kier alpha value is -4.61. The third-order valence-electron chi connectivity index (χ3n) is 9.58. The molecule has 53 heavy (non-hydrogen) atoms. The average molecular weight is 735 g/mol. The number of likely N-dealkylation sites (tertiary alicyclic amines) is 1. The maximum absolute atomic E-state index is 13.3. The number of methoxy groups -OCH3 is 1. The number of hydrogen-bond acceptors (Lipinski definition) is 8. The quantitative estimate of drug-likeness (QED) is 0.181. The molecule has 12 nitrogen and oxygen atoms in total. The van der Waals surface area contributed by atoms with Gasteiger partial charge in [-0.1, -0.05) is 30.3 Å². The molecule has 1 saturated heterocycles. The summed E-state index contributed by atoms with van der Waals surface area (Å²) >= 11 is 0. The lowest BCUT2D eigenvalue weighted by Crippen LogP contribution is -2.54. The fraction of sp³-hybridized carbons (Fsp3) is 0.585. The number of alkyl carbamates (subject to hydrolysis) is 1. The maximum Gasteiger partial charge on any atom is 0.411 e. The molecule has 2 aromatic rings. The number of aryl methyl sites for hydroxylation is 1. The molecule has 1 heterocycles. The molecule has 2 fully saturated rings. The standard InChI is InChI=1S/C41H58N4O8/c1-26-23-31(36(47)44-34-11-9-10-22-45(34)39(50)53-41(5,6)7)20-21-32(26)29-16-12-27(13-17-29)24-33(37(48)51-8)43-35(46)30-18-14-28(15-19-30)25-42-38(49)52-40(2,3)4/h12-13,16-17,20-21,23,28,30,33-34H,9-11,14-15,18-19,22,24-25H2,1-8H3,(H,42,49)(H,43,46)(H,44,47)/t28?,30?,33-,34?/m0/s1. The lowest BCUT2D eigenvalue weighted by molar-refractivity contribution is -0.145. The van der Waals surface area contributed by atoms with Crippen molar-refractivity contribution in [1.29, 1.82) is 0 Å². The highest BCUT2D eigenvalue weighted by Crippen LogP contribution is 2.30. The summed E-state index contributed by atoms with van der Waals surface area (Å²) in [5, 5.41) is 8.79. The number of nitrogens with one attached hydrogen (secondary N) is 3. The molecule has 0 aromatic heterocycles. The fourth-order valence-electron chi connectivity index (χ4n) is 6.84. The molecule has 2 aromatic carbocycles. The van der Waals surface area contributed by atoms with Crippen molar-refractivity contribution in [3.05, 3.63) is 59.2 Å². The summed E-state index contributed by atoms with van der Waals surface area (Å²) in [7, 11) is 1.31. The molecule has 2 aliphatic rings. The molecule has 1 aliphatic heterocycles. The highest BCUT2D eigenvalue weighted by molar-refractivity contribution is 5.95. The third-order valence-corrected chi connectivity index (χ3v) is 9.58. The number of piperidine rings is 1. The summed E-state index contributed by atoms with van der Waals surface area (Å²) < 4.78 is 15.9. The minimum absolute atomic E-state index is 0.170. The van der Waals surface area contributed by atoms with Crippen LogP contribution in [0.3, 0.4) is 0 Å². The Bertz CT molecular complexity index is 1600. The van der Waals surface area contributed by atoms with Crippen LogP contribution in [0.2, 0.25) is 0 Å². The van der Waals surface area contributed by atoms with Crippen molar-refractivity contribution in [2.75, 3.05) is 20.2 Å². The lowest BCUT2D eigenvalue weighted by Gasteiger charge is -2.37. The van der Waals surface area contributed by atoms with Gasteiger partial charge in [-0.25, -0.2) is 14.4 Å². The number of amides is 4. The number of carbonyl (C=O) groups excluding carboxylic acids is 5. The predicted molar refractivity (Wildman–Crippen MR) is 202 cm³/mol. The van der Waals surface area contributed by atoms with Crippen molar-refractivity contribution in [1.82, 2.24) is 20.9 Å². The minimum Gasteiger partial charge on any atom is -0.467 e. The number of ether oxygens (including phenoxy) is 3. The van der Waals surface area contributed by atoms with E-state index in [1.165, 1.54) is 7.11 Å². The highest BCUT2D eigenvalue weighted by atomic mass is 16.6. The molecule has 1 unspecified atom stereocenters. The summed E-state index contributed by atoms with van der Waals surface area (Å²) in [4.78, 5) is 65.7. The second-order valence-electron chi connectivity index (χ2n) is 16.3. The first-order chi connectivity index (χ1) is 24.9. The fourth-order valence-corrected chi connectivity index (χ4v) is 6.84. The summed E-state index contributed by atoms with van der Waals surface area (Å²) in [5.41, 5.74) is 2.98. The second kappa shape index (κ2) is 17.9. The van der Waals surface area contributed by atoms with Crippen LogP contribution in [0.15, 0.2) is 42.5 Å². The van der Waals surface area contributed by atoms with Crippen LogP contribution in [0, 0.1) is 18.8 Å². The van der Waals surface area contributed by atoms with E-state index in [2.05, 4.69) is 16.0 Å². The van der Waals surface area contributed by atoms with E-state index in [0.29, 0.717) is 37.9 Å². The van der Waals surface area contributed by atoms with Crippen LogP contribution in [0.4, 0.5) is 9.59 Å². The molecular weight excluding hydrogens is 676 g/mol. The number of nitrogens with zero attached hydrogens (tertiary/aromatic N) is 1. The van der Waals surface area contributed by atoms with Crippen LogP contribution in [0.1, 0.15) is 108 Å². The molecule has 4 rings (SSSR count). The van der Waals surface area contributed by atoms with E-state index in [9.17, 15) is 24.0 Å². The second-order valence-corrected chi connectivity index (χ2v) is 16.3. The van der Waals surface area contributed by atoms with E-state index in [4.69, 9.17) is 14.2 Å². The van der Waals surface area contributed by atoms with E-state index in [0.717, 1.165) is 47.9 Å². The Morgan fingerprint density at radius 2 is 1.51 bits per heavy atom. The normalized spacial score (nSPS) is 19.7. The molecule has 3 N–H and O–H groups in total. The van der Waals surface area contributed by atoms with E-state index in [-0.39, 0.29) is 30.1 Å². The molecule has 0 bridgehead atoms. The number of carbonyl (C=O) groups is 5. The predicted octanol–water partition coefficient (Wildman–Crippen LogP) is 6.67. The van der Waals surface area contributed by atoms with Gasteiger partial charge in [0.25, 0.3) is 5.91 Å². The Labute approximate surface area is 314 Å². The summed E-state index contributed by atoms with van der Waals surface area (Å²) in [6.45, 7) is 13.9. The van der Waals surface area contributed by atoms with Crippen LogP contribution in [0.25, 0.3) is 11.1 Å². The molecule has 12 heteroatoms. The molecule has 0 spiro atoms. The van der Waals surface area contributed by atoms with Gasteiger partial charge < -0.3 is 30.2 Å². The minimum atomic E-state index is -0.833. The first kappa shape index (κ1) is 41.2. The van der Waals surface area contributed by atoms with Crippen LogP contribution >= 0.6 is 0 Å². The molecule has 1 aliphatic carbocycles. The van der Waals surface area contributed by atoms with E-state index in [1.807, 2.05) is 84.9 Å². The van der Waals surface area contributed by atoms with Gasteiger partial charge in [-0.2, -0.15) is 0 Å². The summed E-state index contributed by atoms with van der Waals surface area (Å²) in [6.07, 6.45) is 4.30.